The van der Waals surface area contributed by atoms with Gasteiger partial charge in [0.25, 0.3) is 0 Å². The van der Waals surface area contributed by atoms with E-state index in [0.29, 0.717) is 0 Å². The van der Waals surface area contributed by atoms with Crippen LogP contribution in [0.1, 0.15) is 27.4 Å². The molecule has 0 saturated heterocycles. The maximum absolute atomic E-state index is 7.07. The van der Waals surface area contributed by atoms with Gasteiger partial charge in [-0.15, -0.1) is 0 Å². The van der Waals surface area contributed by atoms with Crippen molar-refractivity contribution in [1.82, 2.24) is 5.31 Å². The molecule has 0 bridgehead atoms. The Hall–Kier alpha value is -0.0400. The van der Waals surface area contributed by atoms with E-state index in [1.807, 2.05) is 0 Å². The Bertz CT molecular complexity index is 222. The molecule has 0 aromatic rings. The van der Waals surface area contributed by atoms with E-state index >= 15 is 0 Å². The van der Waals surface area contributed by atoms with Gasteiger partial charge in [-0.2, -0.15) is 0 Å². The van der Waals surface area contributed by atoms with E-state index in [1.165, 1.54) is 0 Å². The van der Waals surface area contributed by atoms with E-state index in [0.717, 1.165) is 0 Å². The summed E-state index contributed by atoms with van der Waals surface area (Å²) in [5.74, 6) is 0. The van der Waals surface area contributed by atoms with Gasteiger partial charge in [-0.05, 0) is 13.0 Å². The summed E-state index contributed by atoms with van der Waals surface area (Å²) >= 11 is 0. The van der Waals surface area contributed by atoms with Crippen molar-refractivity contribution >= 4 is 0 Å². The van der Waals surface area contributed by atoms with Crippen molar-refractivity contribution in [2.45, 2.75) is 13.7 Å². The number of hydrogen-bond acceptors (Lipinski definition) is 1. The zero-order chi connectivity index (χ0) is 13.6. The largest absolute Gasteiger partial charge is 0.317 e. The van der Waals surface area contributed by atoms with Crippen LogP contribution in [0.4, 0.5) is 0 Å². The molecule has 32 valence electrons. The van der Waals surface area contributed by atoms with Crippen LogP contribution >= 0.6 is 0 Å². The van der Waals surface area contributed by atoms with Gasteiger partial charge in [-0.1, -0.05) is 13.7 Å². The summed E-state index contributed by atoms with van der Waals surface area (Å²) in [5.41, 5.74) is 0. The van der Waals surface area contributed by atoms with Gasteiger partial charge in [0.2, 0.25) is 0 Å². The molecule has 1 heteroatoms. The molecular weight excluding hydrogens is 62.1 g/mol. The summed E-state index contributed by atoms with van der Waals surface area (Å²) in [7, 11) is 0. The smallest absolute Gasteiger partial charge is 0.122 e. The molecule has 0 atom stereocenters. The highest BCUT2D eigenvalue weighted by Crippen LogP contribution is 1.47. The molecule has 0 amide bonds. The van der Waals surface area contributed by atoms with E-state index < -0.39 is 32.0 Å². The third-order valence-corrected chi connectivity index (χ3v) is 0.112. The molecule has 0 unspecified atom stereocenters. The quantitative estimate of drug-likeness (QED) is 0.517. The Morgan fingerprint density at radius 2 is 2.60 bits per heavy atom. The van der Waals surface area contributed by atoms with E-state index in [1.54, 1.807) is 0 Å². The Morgan fingerprint density at radius 1 is 2.00 bits per heavy atom. The molecule has 0 saturated carbocycles. The van der Waals surface area contributed by atoms with Crippen molar-refractivity contribution < 1.29 is 15.1 Å². The molecule has 0 aliphatic rings. The summed E-state index contributed by atoms with van der Waals surface area (Å²) in [5, 5.41) is -0.667. The van der Waals surface area contributed by atoms with Crippen LogP contribution in [0, 0.1) is 0 Å². The van der Waals surface area contributed by atoms with Crippen molar-refractivity contribution in [2.24, 2.45) is 0 Å². The van der Waals surface area contributed by atoms with Crippen molar-refractivity contribution in [1.29, 1.82) is 0 Å². The van der Waals surface area contributed by atoms with Crippen LogP contribution in [0.3, 0.4) is 0 Å². The summed E-state index contributed by atoms with van der Waals surface area (Å²) in [6, 6.07) is 0. The minimum Gasteiger partial charge on any atom is -0.317 e. The van der Waals surface area contributed by atoms with Crippen molar-refractivity contribution in [2.75, 3.05) is 13.0 Å². The average Bonchev–Trinajstić information content (AvgIpc) is 1.98. The molecule has 0 aliphatic carbocycles. The molecule has 0 aromatic heterocycles. The summed E-state index contributed by atoms with van der Waals surface area (Å²) in [4.78, 5) is 0. The Kier molecular flexibility index (Phi) is 0.275. The van der Waals surface area contributed by atoms with Crippen LogP contribution in [0.25, 0.3) is 0 Å². The van der Waals surface area contributed by atoms with Crippen LogP contribution in [0.15, 0.2) is 0 Å². The Morgan fingerprint density at radius 3 is 3.00 bits per heavy atom. The maximum Gasteiger partial charge on any atom is 0.122 e. The van der Waals surface area contributed by atoms with Crippen molar-refractivity contribution in [3.05, 3.63) is 0 Å². The molecule has 0 aromatic carbocycles. The predicted molar refractivity (Wildman–Crippen MR) is 24.2 cm³/mol. The summed E-state index contributed by atoms with van der Waals surface area (Å²) in [6.45, 7) is -13.4. The van der Waals surface area contributed by atoms with Crippen molar-refractivity contribution in [3.8, 4) is 0 Å². The number of rotatable bonds is 2. The third-order valence-electron chi connectivity index (χ3n) is 0.112. The molecule has 1 nitrogen and oxygen atoms in total. The van der Waals surface area contributed by atoms with Crippen molar-refractivity contribution in [3.63, 3.8) is 0 Å². The minimum atomic E-state index is -3.40. The van der Waals surface area contributed by atoms with Gasteiger partial charge < -0.3 is 5.31 Å². The fourth-order valence-corrected chi connectivity index (χ4v) is 0.0280. The molecule has 5 heavy (non-hydrogen) atoms. The topological polar surface area (TPSA) is 12.0 Å². The molecule has 0 radical (unpaired) electrons. The first-order valence-corrected chi connectivity index (χ1v) is 0.947. The van der Waals surface area contributed by atoms with Crippen LogP contribution < -0.4 is 5.31 Å². The number of hydrogen-bond donors (Lipinski definition) is 1. The highest BCUT2D eigenvalue weighted by molar-refractivity contribution is 4.27. The molecule has 0 spiro atoms. The molecular formula is C4H11N. The highest BCUT2D eigenvalue weighted by Gasteiger charge is 1.62. The SMILES string of the molecule is [2H]N(C([2H])([2H])C([2H])([2H])[2H])C([2H])([2H])C([2H])([2H])[2H]. The number of nitrogens with one attached hydrogen (secondary N) is 1. The molecule has 0 rings (SSSR count). The molecule has 1 N–H and O–H groups in total. The minimum absolute atomic E-state index is 0.667. The third kappa shape index (κ3) is 3.96. The van der Waals surface area contributed by atoms with E-state index in [9.17, 15) is 0 Å². The first-order valence-electron chi connectivity index (χ1n) is 6.39. The second kappa shape index (κ2) is 3.96. The highest BCUT2D eigenvalue weighted by atomic mass is 14.8. The fourth-order valence-electron chi connectivity index (χ4n) is 0.0280. The monoisotopic (exact) mass is 84.2 g/mol. The standard InChI is InChI=1S/C4H11N/c1-3-5-4-2/h5H,3-4H2,1-2H3/i1D3,2D3,3D2,4D2/hD. The summed E-state index contributed by atoms with van der Waals surface area (Å²) in [6.07, 6.45) is 0. The van der Waals surface area contributed by atoms with Gasteiger partial charge >= 0.3 is 0 Å². The van der Waals surface area contributed by atoms with Crippen LogP contribution in [-0.4, -0.2) is 13.0 Å². The van der Waals surface area contributed by atoms with Crippen LogP contribution in [0.5, 0.6) is 0 Å². The van der Waals surface area contributed by atoms with Gasteiger partial charge in [0.1, 0.15) is 1.41 Å². The fraction of sp³-hybridized carbons (Fsp3) is 1.00. The lowest BCUT2D eigenvalue weighted by Gasteiger charge is -1.86. The second-order valence-corrected chi connectivity index (χ2v) is 0.335. The molecule has 0 aliphatic heterocycles. The second-order valence-electron chi connectivity index (χ2n) is 0.335. The lowest BCUT2D eigenvalue weighted by molar-refractivity contribution is 0.762. The average molecular weight is 84.2 g/mol. The zero-order valence-corrected chi connectivity index (χ0v) is 2.45. The molecule has 0 heterocycles. The first kappa shape index (κ1) is 0.348. The Labute approximate surface area is 48.9 Å². The van der Waals surface area contributed by atoms with Gasteiger partial charge in [-0.3, -0.25) is 0 Å². The predicted octanol–water partition coefficient (Wildman–Crippen LogP) is 0.616. The maximum atomic E-state index is 7.07. The first-order chi connectivity index (χ1) is 6.65. The lowest BCUT2D eigenvalue weighted by atomic mass is 10.7. The van der Waals surface area contributed by atoms with Gasteiger partial charge in [0, 0.05) is 13.7 Å². The van der Waals surface area contributed by atoms with E-state index in [-0.39, 0.29) is 0 Å². The zero-order valence-electron chi connectivity index (χ0n) is 13.4. The van der Waals surface area contributed by atoms with E-state index in [2.05, 4.69) is 0 Å². The lowest BCUT2D eigenvalue weighted by Crippen LogP contribution is -2.09. The van der Waals surface area contributed by atoms with Crippen LogP contribution in [0.2, 0.25) is 1.41 Å². The van der Waals surface area contributed by atoms with Gasteiger partial charge in [0.15, 0.2) is 0 Å². The van der Waals surface area contributed by atoms with Gasteiger partial charge in [-0.25, -0.2) is 0 Å². The normalized spacial score (nSPS) is 52.6. The molecule has 0 fully saturated rings. The van der Waals surface area contributed by atoms with E-state index in [4.69, 9.17) is 15.1 Å². The Balaban J connectivity index is 5.30. The van der Waals surface area contributed by atoms with Crippen LogP contribution in [-0.2, 0) is 0 Å². The summed E-state index contributed by atoms with van der Waals surface area (Å²) < 4.78 is 76.1. The van der Waals surface area contributed by atoms with Gasteiger partial charge in [0.05, 0.1) is 0 Å².